The van der Waals surface area contributed by atoms with Gasteiger partial charge in [-0.05, 0) is 48.1 Å². The van der Waals surface area contributed by atoms with Crippen LogP contribution in [0.3, 0.4) is 0 Å². The van der Waals surface area contributed by atoms with Crippen LogP contribution in [0.1, 0.15) is 35.1 Å². The smallest absolute Gasteiger partial charge is 0.410 e. The summed E-state index contributed by atoms with van der Waals surface area (Å²) in [5, 5.41) is 10.9. The molecule has 1 saturated heterocycles. The molecule has 5 rings (SSSR count). The summed E-state index contributed by atoms with van der Waals surface area (Å²) in [6, 6.07) is 16.3. The summed E-state index contributed by atoms with van der Waals surface area (Å²) in [4.78, 5) is 26.3. The first-order valence-electron chi connectivity index (χ1n) is 12.5. The molecule has 3 aromatic carbocycles. The van der Waals surface area contributed by atoms with Crippen molar-refractivity contribution in [3.8, 4) is 0 Å². The number of rotatable bonds is 5. The van der Waals surface area contributed by atoms with Gasteiger partial charge in [0, 0.05) is 31.3 Å². The highest BCUT2D eigenvalue weighted by Crippen LogP contribution is 2.31. The van der Waals surface area contributed by atoms with E-state index in [9.17, 15) is 23.7 Å². The van der Waals surface area contributed by atoms with Crippen molar-refractivity contribution < 1.29 is 23.2 Å². The Hall–Kier alpha value is -4.27. The molecule has 2 aliphatic heterocycles. The first-order chi connectivity index (χ1) is 18.4. The normalized spacial score (nSPS) is 15.2. The molecule has 3 aromatic rings. The molecule has 0 aromatic heterocycles. The van der Waals surface area contributed by atoms with Crippen molar-refractivity contribution >= 4 is 23.5 Å². The molecule has 1 amide bonds. The standard InChI is InChI=1S/C29H27F2N3O4/c30-26-8-6-22(16-20-10-13-32(14-11-20)28-9-7-23(34(36)37)17-27(28)31)24-12-15-33(18-25(24)26)29(35)38-19-21-4-2-1-3-5-21/h1-9,16-17H,10-15,18-19H2. The predicted octanol–water partition coefficient (Wildman–Crippen LogP) is 6.25. The number of nitro benzene ring substituents is 1. The Morgan fingerprint density at radius 3 is 2.42 bits per heavy atom. The maximum absolute atomic E-state index is 14.8. The maximum Gasteiger partial charge on any atom is 0.410 e. The Morgan fingerprint density at radius 2 is 1.71 bits per heavy atom. The van der Waals surface area contributed by atoms with Crippen LogP contribution in [0.25, 0.3) is 6.08 Å². The molecule has 1 fully saturated rings. The number of amides is 1. The van der Waals surface area contributed by atoms with E-state index in [1.54, 1.807) is 6.07 Å². The van der Waals surface area contributed by atoms with Crippen LogP contribution in [0.2, 0.25) is 0 Å². The third-order valence-electron chi connectivity index (χ3n) is 7.10. The zero-order valence-electron chi connectivity index (χ0n) is 20.7. The number of hydrogen-bond acceptors (Lipinski definition) is 5. The third kappa shape index (κ3) is 5.51. The van der Waals surface area contributed by atoms with Crippen LogP contribution in [-0.2, 0) is 24.3 Å². The number of nitro groups is 1. The van der Waals surface area contributed by atoms with E-state index < -0.39 is 16.8 Å². The average Bonchev–Trinajstić information content (AvgIpc) is 2.94. The number of anilines is 1. The van der Waals surface area contributed by atoms with Crippen molar-refractivity contribution in [1.29, 1.82) is 0 Å². The second kappa shape index (κ2) is 11.0. The number of piperidine rings is 1. The fourth-order valence-corrected chi connectivity index (χ4v) is 5.03. The van der Waals surface area contributed by atoms with Crippen molar-refractivity contribution in [3.63, 3.8) is 0 Å². The molecule has 0 radical (unpaired) electrons. The zero-order chi connectivity index (χ0) is 26.6. The highest BCUT2D eigenvalue weighted by molar-refractivity contribution is 5.69. The Kier molecular flexibility index (Phi) is 7.35. The van der Waals surface area contributed by atoms with Gasteiger partial charge in [-0.15, -0.1) is 0 Å². The molecule has 0 unspecified atom stereocenters. The first kappa shape index (κ1) is 25.4. The average molecular weight is 520 g/mol. The van der Waals surface area contributed by atoms with E-state index in [-0.39, 0.29) is 24.7 Å². The minimum atomic E-state index is -0.611. The van der Waals surface area contributed by atoms with Crippen molar-refractivity contribution in [1.82, 2.24) is 4.90 Å². The van der Waals surface area contributed by atoms with Gasteiger partial charge in [-0.2, -0.15) is 0 Å². The van der Waals surface area contributed by atoms with E-state index in [0.717, 1.165) is 22.8 Å². The monoisotopic (exact) mass is 519 g/mol. The first-order valence-corrected chi connectivity index (χ1v) is 12.5. The van der Waals surface area contributed by atoms with E-state index in [0.29, 0.717) is 50.1 Å². The maximum atomic E-state index is 14.8. The summed E-state index contributed by atoms with van der Waals surface area (Å²) in [5.41, 5.74) is 4.48. The number of ether oxygens (including phenoxy) is 1. The van der Waals surface area contributed by atoms with Gasteiger partial charge in [-0.3, -0.25) is 10.1 Å². The predicted molar refractivity (Wildman–Crippen MR) is 140 cm³/mol. The summed E-state index contributed by atoms with van der Waals surface area (Å²) >= 11 is 0. The summed E-state index contributed by atoms with van der Waals surface area (Å²) < 4.78 is 34.7. The number of nitrogens with zero attached hydrogens (tertiary/aromatic N) is 3. The number of hydrogen-bond donors (Lipinski definition) is 0. The minimum absolute atomic E-state index is 0.152. The van der Waals surface area contributed by atoms with Gasteiger partial charge in [-0.25, -0.2) is 13.6 Å². The van der Waals surface area contributed by atoms with Crippen LogP contribution >= 0.6 is 0 Å². The second-order valence-electron chi connectivity index (χ2n) is 9.49. The van der Waals surface area contributed by atoms with Crippen LogP contribution in [0, 0.1) is 21.7 Å². The number of benzene rings is 3. The van der Waals surface area contributed by atoms with Crippen LogP contribution in [0.4, 0.5) is 25.0 Å². The molecule has 0 aliphatic carbocycles. The lowest BCUT2D eigenvalue weighted by Crippen LogP contribution is -2.37. The molecule has 0 N–H and O–H groups in total. The summed E-state index contributed by atoms with van der Waals surface area (Å²) in [7, 11) is 0. The van der Waals surface area contributed by atoms with Crippen molar-refractivity contribution in [3.05, 3.63) is 110 Å². The van der Waals surface area contributed by atoms with Gasteiger partial charge in [-0.1, -0.05) is 48.0 Å². The highest BCUT2D eigenvalue weighted by atomic mass is 19.1. The Bertz CT molecular complexity index is 1380. The van der Waals surface area contributed by atoms with Crippen LogP contribution in [-0.4, -0.2) is 35.6 Å². The number of halogens is 2. The lowest BCUT2D eigenvalue weighted by molar-refractivity contribution is -0.385. The Morgan fingerprint density at radius 1 is 0.947 bits per heavy atom. The van der Waals surface area contributed by atoms with Crippen LogP contribution in [0.15, 0.2) is 66.2 Å². The number of carbonyl (C=O) groups is 1. The van der Waals surface area contributed by atoms with E-state index in [2.05, 4.69) is 6.08 Å². The molecular weight excluding hydrogens is 492 g/mol. The number of non-ortho nitro benzene ring substituents is 1. The summed E-state index contributed by atoms with van der Waals surface area (Å²) in [6.45, 7) is 1.90. The van der Waals surface area contributed by atoms with Gasteiger partial charge in [0.1, 0.15) is 12.4 Å². The molecule has 0 atom stereocenters. The zero-order valence-corrected chi connectivity index (χ0v) is 20.7. The minimum Gasteiger partial charge on any atom is -0.445 e. The molecule has 38 heavy (non-hydrogen) atoms. The Balaban J connectivity index is 1.24. The van der Waals surface area contributed by atoms with Crippen LogP contribution < -0.4 is 4.90 Å². The van der Waals surface area contributed by atoms with Crippen molar-refractivity contribution in [2.75, 3.05) is 24.5 Å². The van der Waals surface area contributed by atoms with Gasteiger partial charge >= 0.3 is 6.09 Å². The molecule has 196 valence electrons. The molecular formula is C29H27F2N3O4. The van der Waals surface area contributed by atoms with Gasteiger partial charge < -0.3 is 14.5 Å². The molecule has 7 nitrogen and oxygen atoms in total. The molecule has 9 heteroatoms. The van der Waals surface area contributed by atoms with E-state index >= 15 is 0 Å². The molecule has 0 saturated carbocycles. The van der Waals surface area contributed by atoms with Gasteiger partial charge in [0.05, 0.1) is 23.2 Å². The van der Waals surface area contributed by atoms with Gasteiger partial charge in [0.25, 0.3) is 5.69 Å². The lowest BCUT2D eigenvalue weighted by Gasteiger charge is -2.31. The van der Waals surface area contributed by atoms with E-state index in [4.69, 9.17) is 4.74 Å². The fraction of sp³-hybridized carbons (Fsp3) is 0.276. The summed E-state index contributed by atoms with van der Waals surface area (Å²) in [6.07, 6.45) is 3.52. The molecule has 0 bridgehead atoms. The van der Waals surface area contributed by atoms with E-state index in [1.807, 2.05) is 35.2 Å². The number of carbonyl (C=O) groups excluding carboxylic acids is 1. The Labute approximate surface area is 219 Å². The lowest BCUT2D eigenvalue weighted by atomic mass is 9.91. The third-order valence-corrected chi connectivity index (χ3v) is 7.10. The van der Waals surface area contributed by atoms with Crippen LogP contribution in [0.5, 0.6) is 0 Å². The molecule has 2 aliphatic rings. The SMILES string of the molecule is O=C(OCc1ccccc1)N1CCc2c(C=C3CCN(c4ccc([N+](=O)[O-])cc4F)CC3)ccc(F)c2C1. The van der Waals surface area contributed by atoms with Gasteiger partial charge in [0.2, 0.25) is 0 Å². The number of fused-ring (bicyclic) bond motifs is 1. The topological polar surface area (TPSA) is 75.9 Å². The largest absolute Gasteiger partial charge is 0.445 e. The van der Waals surface area contributed by atoms with Crippen molar-refractivity contribution in [2.45, 2.75) is 32.4 Å². The van der Waals surface area contributed by atoms with Gasteiger partial charge in [0.15, 0.2) is 5.82 Å². The fourth-order valence-electron chi connectivity index (χ4n) is 5.03. The highest BCUT2D eigenvalue weighted by Gasteiger charge is 2.26. The molecule has 2 heterocycles. The quantitative estimate of drug-likeness (QED) is 0.294. The molecule has 0 spiro atoms. The van der Waals surface area contributed by atoms with E-state index in [1.165, 1.54) is 28.7 Å². The second-order valence-corrected chi connectivity index (χ2v) is 9.49. The summed E-state index contributed by atoms with van der Waals surface area (Å²) in [5.74, 6) is -0.947. The van der Waals surface area contributed by atoms with Crippen molar-refractivity contribution in [2.24, 2.45) is 0 Å².